The first kappa shape index (κ1) is 40.2. The van der Waals surface area contributed by atoms with Crippen LogP contribution in [0.3, 0.4) is 0 Å². The number of nitrogens with zero attached hydrogens (tertiary/aromatic N) is 3. The quantitative estimate of drug-likeness (QED) is 0.0889. The van der Waals surface area contributed by atoms with Crippen molar-refractivity contribution in [3.05, 3.63) is 123 Å². The Morgan fingerprint density at radius 1 is 0.778 bits per heavy atom. The third-order valence-electron chi connectivity index (χ3n) is 9.02. The van der Waals surface area contributed by atoms with Gasteiger partial charge in [0.25, 0.3) is 0 Å². The molecule has 288 valence electrons. The van der Waals surface area contributed by atoms with Gasteiger partial charge in [0.1, 0.15) is 11.6 Å². The van der Waals surface area contributed by atoms with Gasteiger partial charge in [-0.1, -0.05) is 57.2 Å². The van der Waals surface area contributed by atoms with E-state index < -0.39 is 97.1 Å². The number of carbonyl (C=O) groups excluding carboxylic acids is 1. The van der Waals surface area contributed by atoms with Gasteiger partial charge in [0.05, 0.1) is 30.0 Å². The molecule has 0 radical (unpaired) electrons. The van der Waals surface area contributed by atoms with Crippen LogP contribution in [0.4, 0.5) is 42.1 Å². The van der Waals surface area contributed by atoms with E-state index in [1.807, 2.05) is 32.9 Å². The van der Waals surface area contributed by atoms with Gasteiger partial charge < -0.3 is 14.9 Å². The maximum atomic E-state index is 15.4. The molecule has 1 saturated carbocycles. The van der Waals surface area contributed by atoms with Gasteiger partial charge in [0.2, 0.25) is 21.7 Å². The maximum Gasteiger partial charge on any atom is 0.338 e. The molecule has 16 heteroatoms. The molecule has 1 aliphatic rings. The first-order chi connectivity index (χ1) is 25.1. The standard InChI is InChI=1S/C38H36F7N3O5S/c1-38(2,3)24-13-20(12-23(14-24)21-10-11-21)17-48(29-16-27(40)25(37(50)51)15-28(29)46(4)5)30(49)19-47(18-22-8-6-7-9-26(22)39)54(52,53)36-34(44)32(42)31(41)33(43)35(36)45/h6-9,12-16,21H,10-11,17-19H2,1-5H3,(H,50,51). The minimum Gasteiger partial charge on any atom is -0.478 e. The predicted molar refractivity (Wildman–Crippen MR) is 186 cm³/mol. The molecule has 0 bridgehead atoms. The zero-order valence-electron chi connectivity index (χ0n) is 29.8. The molecule has 1 fully saturated rings. The number of halogens is 7. The average Bonchev–Trinajstić information content (AvgIpc) is 3.94. The summed E-state index contributed by atoms with van der Waals surface area (Å²) >= 11 is 0. The summed E-state index contributed by atoms with van der Waals surface area (Å²) in [5, 5.41) is 9.64. The fraction of sp³-hybridized carbons (Fsp3) is 0.316. The summed E-state index contributed by atoms with van der Waals surface area (Å²) in [6.45, 7) is 2.99. The molecule has 1 N–H and O–H groups in total. The highest BCUT2D eigenvalue weighted by Crippen LogP contribution is 2.42. The lowest BCUT2D eigenvalue weighted by Gasteiger charge is -2.31. The van der Waals surface area contributed by atoms with E-state index in [4.69, 9.17) is 0 Å². The minimum atomic E-state index is -5.85. The third-order valence-corrected chi connectivity index (χ3v) is 10.8. The number of carboxylic acid groups (broad SMARTS) is 1. The predicted octanol–water partition coefficient (Wildman–Crippen LogP) is 8.02. The van der Waals surface area contributed by atoms with Gasteiger partial charge in [-0.05, 0) is 53.0 Å². The second-order valence-electron chi connectivity index (χ2n) is 14.3. The Morgan fingerprint density at radius 2 is 1.37 bits per heavy atom. The molecule has 0 unspecified atom stereocenters. The number of benzene rings is 4. The summed E-state index contributed by atoms with van der Waals surface area (Å²) in [6.07, 6.45) is 1.81. The van der Waals surface area contributed by atoms with E-state index in [0.29, 0.717) is 5.56 Å². The first-order valence-corrected chi connectivity index (χ1v) is 18.0. The molecule has 1 amide bonds. The molecule has 8 nitrogen and oxygen atoms in total. The summed E-state index contributed by atoms with van der Waals surface area (Å²) in [4.78, 5) is 26.5. The van der Waals surface area contributed by atoms with Crippen LogP contribution in [-0.4, -0.2) is 50.3 Å². The van der Waals surface area contributed by atoms with Crippen LogP contribution in [0.2, 0.25) is 0 Å². The topological polar surface area (TPSA) is 98.2 Å². The molecule has 4 aromatic carbocycles. The van der Waals surface area contributed by atoms with Crippen molar-refractivity contribution < 1.29 is 53.8 Å². The Labute approximate surface area is 307 Å². The second kappa shape index (κ2) is 15.1. The molecule has 54 heavy (non-hydrogen) atoms. The highest BCUT2D eigenvalue weighted by atomic mass is 32.2. The van der Waals surface area contributed by atoms with Gasteiger partial charge in [-0.15, -0.1) is 0 Å². The smallest absolute Gasteiger partial charge is 0.338 e. The molecule has 0 spiro atoms. The van der Waals surface area contributed by atoms with E-state index in [-0.39, 0.29) is 28.1 Å². The van der Waals surface area contributed by atoms with Crippen LogP contribution in [-0.2, 0) is 33.3 Å². The van der Waals surface area contributed by atoms with Gasteiger partial charge in [0, 0.05) is 32.3 Å². The number of aromatic carboxylic acids is 1. The van der Waals surface area contributed by atoms with Crippen molar-refractivity contribution >= 4 is 33.3 Å². The largest absolute Gasteiger partial charge is 0.478 e. The van der Waals surface area contributed by atoms with Gasteiger partial charge in [-0.25, -0.2) is 43.9 Å². The lowest BCUT2D eigenvalue weighted by atomic mass is 9.84. The van der Waals surface area contributed by atoms with Crippen molar-refractivity contribution in [2.24, 2.45) is 0 Å². The molecule has 1 aliphatic carbocycles. The van der Waals surface area contributed by atoms with Crippen molar-refractivity contribution in [3.8, 4) is 0 Å². The van der Waals surface area contributed by atoms with Gasteiger partial charge >= 0.3 is 5.97 Å². The first-order valence-electron chi connectivity index (χ1n) is 16.6. The van der Waals surface area contributed by atoms with E-state index in [2.05, 4.69) is 0 Å². The summed E-state index contributed by atoms with van der Waals surface area (Å²) < 4.78 is 131. The monoisotopic (exact) mass is 779 g/mol. The van der Waals surface area contributed by atoms with Crippen LogP contribution in [0.15, 0.2) is 59.5 Å². The van der Waals surface area contributed by atoms with Crippen LogP contribution in [0.1, 0.15) is 72.1 Å². The van der Waals surface area contributed by atoms with Crippen LogP contribution >= 0.6 is 0 Å². The number of amides is 1. The molecule has 0 saturated heterocycles. The Kier molecular flexibility index (Phi) is 11.2. The number of hydrogen-bond donors (Lipinski definition) is 1. The Hall–Kier alpha value is -4.96. The van der Waals surface area contributed by atoms with Crippen LogP contribution < -0.4 is 9.80 Å². The number of hydrogen-bond acceptors (Lipinski definition) is 5. The van der Waals surface area contributed by atoms with Crippen molar-refractivity contribution in [1.29, 1.82) is 0 Å². The molecule has 5 rings (SSSR count). The molecule has 0 heterocycles. The van der Waals surface area contributed by atoms with Crippen LogP contribution in [0, 0.1) is 40.7 Å². The zero-order chi connectivity index (χ0) is 40.0. The van der Waals surface area contributed by atoms with Crippen molar-refractivity contribution in [1.82, 2.24) is 4.31 Å². The average molecular weight is 780 g/mol. The molecule has 4 aromatic rings. The summed E-state index contributed by atoms with van der Waals surface area (Å²) in [7, 11) is -2.92. The summed E-state index contributed by atoms with van der Waals surface area (Å²) in [6, 6.07) is 11.9. The fourth-order valence-corrected chi connectivity index (χ4v) is 7.37. The zero-order valence-corrected chi connectivity index (χ0v) is 30.6. The number of rotatable bonds is 12. The molecule has 0 aromatic heterocycles. The normalized spacial score (nSPS) is 13.4. The lowest BCUT2D eigenvalue weighted by molar-refractivity contribution is -0.119. The number of carboxylic acids is 1. The highest BCUT2D eigenvalue weighted by Gasteiger charge is 2.39. The van der Waals surface area contributed by atoms with Crippen LogP contribution in [0.25, 0.3) is 0 Å². The van der Waals surface area contributed by atoms with E-state index in [0.717, 1.165) is 53.1 Å². The molecule has 0 aliphatic heterocycles. The SMILES string of the molecule is CN(C)c1cc(C(=O)O)c(F)cc1N(Cc1cc(C2CC2)cc(C(C)(C)C)c1)C(=O)CN(Cc1ccccc1F)S(=O)(=O)c1c(F)c(F)c(F)c(F)c1F. The van der Waals surface area contributed by atoms with Gasteiger partial charge in [0.15, 0.2) is 28.2 Å². The van der Waals surface area contributed by atoms with E-state index in [9.17, 15) is 40.7 Å². The lowest BCUT2D eigenvalue weighted by Crippen LogP contribution is -2.43. The maximum absolute atomic E-state index is 15.4. The van der Waals surface area contributed by atoms with E-state index >= 15 is 13.2 Å². The molecular weight excluding hydrogens is 743 g/mol. The number of carbonyl (C=O) groups is 2. The fourth-order valence-electron chi connectivity index (χ4n) is 5.89. The van der Waals surface area contributed by atoms with Gasteiger partial charge in [-0.3, -0.25) is 4.79 Å². The molecular formula is C38H36F7N3O5S. The second-order valence-corrected chi connectivity index (χ2v) is 16.1. The van der Waals surface area contributed by atoms with Crippen molar-refractivity contribution in [3.63, 3.8) is 0 Å². The Balaban J connectivity index is 1.71. The summed E-state index contributed by atoms with van der Waals surface area (Å²) in [5.74, 6) is -18.1. The Morgan fingerprint density at radius 3 is 1.91 bits per heavy atom. The van der Waals surface area contributed by atoms with Crippen molar-refractivity contribution in [2.75, 3.05) is 30.4 Å². The Bertz CT molecular complexity index is 2230. The minimum absolute atomic E-state index is 0.0141. The van der Waals surface area contributed by atoms with Gasteiger partial charge in [-0.2, -0.15) is 4.31 Å². The van der Waals surface area contributed by atoms with Crippen LogP contribution in [0.5, 0.6) is 0 Å². The molecule has 0 atom stereocenters. The number of anilines is 2. The van der Waals surface area contributed by atoms with Crippen molar-refractivity contribution in [2.45, 2.75) is 62.9 Å². The highest BCUT2D eigenvalue weighted by molar-refractivity contribution is 7.89. The summed E-state index contributed by atoms with van der Waals surface area (Å²) in [5.41, 5.74) is 0.466. The van der Waals surface area contributed by atoms with E-state index in [1.54, 1.807) is 6.07 Å². The van der Waals surface area contributed by atoms with E-state index in [1.165, 1.54) is 31.1 Å². The third kappa shape index (κ3) is 8.09. The number of sulfonamides is 1.